The van der Waals surface area contributed by atoms with Crippen LogP contribution < -0.4 is 10.4 Å². The van der Waals surface area contributed by atoms with E-state index in [-0.39, 0.29) is 36.6 Å². The number of carbonyl (C=O) groups is 1. The summed E-state index contributed by atoms with van der Waals surface area (Å²) >= 11 is 0. The lowest BCUT2D eigenvalue weighted by atomic mass is 10.3. The molecule has 1 aromatic rings. The number of esters is 1. The summed E-state index contributed by atoms with van der Waals surface area (Å²) in [4.78, 5) is 26.0. The Labute approximate surface area is 142 Å². The van der Waals surface area contributed by atoms with Crippen LogP contribution in [-0.2, 0) is 9.57 Å². The quantitative estimate of drug-likeness (QED) is 0.826. The van der Waals surface area contributed by atoms with Gasteiger partial charge in [0, 0.05) is 19.2 Å². The van der Waals surface area contributed by atoms with E-state index < -0.39 is 5.97 Å². The second-order valence-electron chi connectivity index (χ2n) is 4.60. The Bertz CT molecular complexity index is 490. The van der Waals surface area contributed by atoms with Gasteiger partial charge in [0.05, 0.1) is 19.3 Å². The van der Waals surface area contributed by atoms with Crippen LogP contribution in [0.15, 0.2) is 6.07 Å². The van der Waals surface area contributed by atoms with Crippen molar-refractivity contribution in [3.8, 4) is 0 Å². The van der Waals surface area contributed by atoms with Gasteiger partial charge in [0.2, 0.25) is 0 Å². The van der Waals surface area contributed by atoms with Gasteiger partial charge in [-0.15, -0.1) is 24.8 Å². The van der Waals surface area contributed by atoms with E-state index in [1.54, 1.807) is 25.0 Å². The lowest BCUT2D eigenvalue weighted by Gasteiger charge is -2.23. The standard InChI is InChI=1S/C13H20N4O3.2ClH/c1-4-19-13(18)11-7-12(16-10(3)15-11)17-6-5-14-8-9(2)20-17;;/h7,9,14H,4-6,8H2,1-3H3;2*1H/t9-;;/m0../s1. The molecule has 1 fully saturated rings. The maximum atomic E-state index is 11.8. The fourth-order valence-corrected chi connectivity index (χ4v) is 1.95. The zero-order valence-corrected chi connectivity index (χ0v) is 14.5. The third-order valence-corrected chi connectivity index (χ3v) is 2.80. The minimum Gasteiger partial charge on any atom is -0.461 e. The van der Waals surface area contributed by atoms with Crippen molar-refractivity contribution in [3.63, 3.8) is 0 Å². The van der Waals surface area contributed by atoms with E-state index in [1.165, 1.54) is 0 Å². The number of anilines is 1. The summed E-state index contributed by atoms with van der Waals surface area (Å²) in [6.45, 7) is 8.03. The van der Waals surface area contributed by atoms with Gasteiger partial charge in [0.15, 0.2) is 11.5 Å². The highest BCUT2D eigenvalue weighted by Crippen LogP contribution is 2.16. The Balaban J connectivity index is 0.00000220. The maximum Gasteiger partial charge on any atom is 0.357 e. The number of hydroxylamine groups is 1. The van der Waals surface area contributed by atoms with Crippen LogP contribution in [-0.4, -0.2) is 48.3 Å². The number of carbonyl (C=O) groups excluding carboxylic acids is 1. The van der Waals surface area contributed by atoms with E-state index in [0.29, 0.717) is 24.8 Å². The summed E-state index contributed by atoms with van der Waals surface area (Å²) in [5.41, 5.74) is 0.253. The van der Waals surface area contributed by atoms with Gasteiger partial charge < -0.3 is 10.1 Å². The normalized spacial score (nSPS) is 17.8. The van der Waals surface area contributed by atoms with Crippen molar-refractivity contribution in [2.45, 2.75) is 26.9 Å². The molecular weight excluding hydrogens is 331 g/mol. The van der Waals surface area contributed by atoms with E-state index in [9.17, 15) is 4.79 Å². The Hall–Kier alpha value is -1.15. The molecule has 1 N–H and O–H groups in total. The molecule has 1 saturated heterocycles. The second kappa shape index (κ2) is 9.78. The van der Waals surface area contributed by atoms with Gasteiger partial charge in [-0.3, -0.25) is 4.84 Å². The highest BCUT2D eigenvalue weighted by molar-refractivity contribution is 5.88. The summed E-state index contributed by atoms with van der Waals surface area (Å²) in [6, 6.07) is 1.60. The van der Waals surface area contributed by atoms with Gasteiger partial charge in [-0.1, -0.05) is 0 Å². The number of hydrogen-bond acceptors (Lipinski definition) is 7. The summed E-state index contributed by atoms with van der Waals surface area (Å²) < 4.78 is 4.97. The highest BCUT2D eigenvalue weighted by atomic mass is 35.5. The molecule has 0 saturated carbocycles. The number of aryl methyl sites for hydroxylation is 1. The Morgan fingerprint density at radius 2 is 2.23 bits per heavy atom. The molecule has 0 bridgehead atoms. The molecule has 0 aromatic carbocycles. The van der Waals surface area contributed by atoms with Crippen LogP contribution in [0.5, 0.6) is 0 Å². The highest BCUT2D eigenvalue weighted by Gasteiger charge is 2.19. The topological polar surface area (TPSA) is 76.6 Å². The van der Waals surface area contributed by atoms with E-state index in [2.05, 4.69) is 15.3 Å². The number of nitrogens with one attached hydrogen (secondary N) is 1. The molecule has 2 heterocycles. The first-order chi connectivity index (χ1) is 9.60. The minimum atomic E-state index is -0.444. The molecule has 0 amide bonds. The van der Waals surface area contributed by atoms with Crippen molar-refractivity contribution in [1.29, 1.82) is 0 Å². The molecule has 0 unspecified atom stereocenters. The molecule has 0 spiro atoms. The van der Waals surface area contributed by atoms with Gasteiger partial charge in [0.25, 0.3) is 0 Å². The maximum absolute atomic E-state index is 11.8. The summed E-state index contributed by atoms with van der Waals surface area (Å²) in [7, 11) is 0. The largest absolute Gasteiger partial charge is 0.461 e. The lowest BCUT2D eigenvalue weighted by Crippen LogP contribution is -2.30. The predicted octanol–water partition coefficient (Wildman–Crippen LogP) is 1.54. The third kappa shape index (κ3) is 5.57. The minimum absolute atomic E-state index is 0. The van der Waals surface area contributed by atoms with Crippen LogP contribution >= 0.6 is 24.8 Å². The van der Waals surface area contributed by atoms with Crippen molar-refractivity contribution in [3.05, 3.63) is 17.6 Å². The molecule has 0 aliphatic carbocycles. The monoisotopic (exact) mass is 352 g/mol. The van der Waals surface area contributed by atoms with Gasteiger partial charge in [-0.05, 0) is 20.8 Å². The van der Waals surface area contributed by atoms with Crippen molar-refractivity contribution >= 4 is 36.6 Å². The Kier molecular flexibility index (Phi) is 9.27. The van der Waals surface area contributed by atoms with Gasteiger partial charge >= 0.3 is 5.97 Å². The number of hydrogen-bond donors (Lipinski definition) is 1. The van der Waals surface area contributed by atoms with Gasteiger partial charge in [-0.2, -0.15) is 0 Å². The smallest absolute Gasteiger partial charge is 0.357 e. The zero-order chi connectivity index (χ0) is 14.5. The van der Waals surface area contributed by atoms with Crippen LogP contribution in [0.2, 0.25) is 0 Å². The van der Waals surface area contributed by atoms with Crippen LogP contribution in [0.25, 0.3) is 0 Å². The fourth-order valence-electron chi connectivity index (χ4n) is 1.95. The molecule has 7 nitrogen and oxygen atoms in total. The summed E-state index contributed by atoms with van der Waals surface area (Å²) in [5.74, 6) is 0.648. The Morgan fingerprint density at radius 3 is 2.91 bits per heavy atom. The van der Waals surface area contributed by atoms with Gasteiger partial charge in [0.1, 0.15) is 5.82 Å². The predicted molar refractivity (Wildman–Crippen MR) is 88.0 cm³/mol. The van der Waals surface area contributed by atoms with Crippen molar-refractivity contribution in [2.75, 3.05) is 31.3 Å². The summed E-state index contributed by atoms with van der Waals surface area (Å²) in [5, 5.41) is 4.96. The van der Waals surface area contributed by atoms with Crippen molar-refractivity contribution in [1.82, 2.24) is 15.3 Å². The number of aromatic nitrogens is 2. The zero-order valence-electron chi connectivity index (χ0n) is 12.9. The summed E-state index contributed by atoms with van der Waals surface area (Å²) in [6.07, 6.45) is 0.0406. The van der Waals surface area contributed by atoms with E-state index in [4.69, 9.17) is 9.57 Å². The third-order valence-electron chi connectivity index (χ3n) is 2.80. The van der Waals surface area contributed by atoms with Crippen LogP contribution in [0.1, 0.15) is 30.2 Å². The average molecular weight is 353 g/mol. The molecule has 1 aliphatic heterocycles. The van der Waals surface area contributed by atoms with Crippen LogP contribution in [0.3, 0.4) is 0 Å². The van der Waals surface area contributed by atoms with E-state index in [1.807, 2.05) is 6.92 Å². The molecule has 2 rings (SSSR count). The molecule has 0 radical (unpaired) electrons. The van der Waals surface area contributed by atoms with E-state index in [0.717, 1.165) is 13.1 Å². The molecule has 1 aromatic heterocycles. The van der Waals surface area contributed by atoms with E-state index >= 15 is 0 Å². The van der Waals surface area contributed by atoms with Crippen molar-refractivity contribution in [2.24, 2.45) is 0 Å². The number of ether oxygens (including phenoxy) is 1. The number of halogens is 2. The van der Waals surface area contributed by atoms with Crippen LogP contribution in [0.4, 0.5) is 5.82 Å². The lowest BCUT2D eigenvalue weighted by molar-refractivity contribution is 0.0515. The number of nitrogens with zero attached hydrogens (tertiary/aromatic N) is 3. The second-order valence-corrected chi connectivity index (χ2v) is 4.60. The fraction of sp³-hybridized carbons (Fsp3) is 0.615. The SMILES string of the molecule is CCOC(=O)c1cc(N2CCNC[C@H](C)O2)nc(C)n1.Cl.Cl. The average Bonchev–Trinajstić information content (AvgIpc) is 2.63. The van der Waals surface area contributed by atoms with Crippen molar-refractivity contribution < 1.29 is 14.4 Å². The first-order valence-electron chi connectivity index (χ1n) is 6.78. The number of rotatable bonds is 3. The Morgan fingerprint density at radius 1 is 1.50 bits per heavy atom. The molecule has 1 aliphatic rings. The molecule has 126 valence electrons. The molecule has 22 heavy (non-hydrogen) atoms. The van der Waals surface area contributed by atoms with Crippen LogP contribution in [0, 0.1) is 6.92 Å². The van der Waals surface area contributed by atoms with Gasteiger partial charge in [-0.25, -0.2) is 19.8 Å². The molecule has 1 atom stereocenters. The first kappa shape index (κ1) is 20.9. The molecular formula is C13H22Cl2N4O3. The first-order valence-corrected chi connectivity index (χ1v) is 6.78. The molecule has 9 heteroatoms.